The smallest absolute Gasteiger partial charge is 0.238 e. The van der Waals surface area contributed by atoms with Crippen LogP contribution in [0.1, 0.15) is 31.4 Å². The maximum absolute atomic E-state index is 13.8. The second-order valence-corrected chi connectivity index (χ2v) is 7.28. The molecule has 0 spiro atoms. The van der Waals surface area contributed by atoms with Crippen LogP contribution in [0.15, 0.2) is 36.4 Å². The molecule has 2 aromatic rings. The third kappa shape index (κ3) is 5.75. The SMILES string of the molecule is CCCN(CC(=O)Nc1ccc(F)c(F)c1F)CC(=O)N[C@H]1CCOc2ccccc21. The topological polar surface area (TPSA) is 70.7 Å². The lowest BCUT2D eigenvalue weighted by Crippen LogP contribution is -2.43. The maximum atomic E-state index is 13.8. The number of halogens is 3. The lowest BCUT2D eigenvalue weighted by Gasteiger charge is -2.28. The van der Waals surface area contributed by atoms with Gasteiger partial charge in [-0.05, 0) is 31.2 Å². The average molecular weight is 435 g/mol. The Morgan fingerprint density at radius 3 is 2.58 bits per heavy atom. The van der Waals surface area contributed by atoms with Crippen LogP contribution < -0.4 is 15.4 Å². The van der Waals surface area contributed by atoms with Crippen molar-refractivity contribution in [3.63, 3.8) is 0 Å². The Balaban J connectivity index is 1.59. The molecule has 0 aliphatic carbocycles. The number of amides is 2. The van der Waals surface area contributed by atoms with Gasteiger partial charge < -0.3 is 15.4 Å². The fraction of sp³-hybridized carbons (Fsp3) is 0.364. The molecule has 3 rings (SSSR count). The quantitative estimate of drug-likeness (QED) is 0.624. The molecule has 2 aromatic carbocycles. The van der Waals surface area contributed by atoms with Crippen molar-refractivity contribution in [1.82, 2.24) is 10.2 Å². The van der Waals surface area contributed by atoms with Crippen LogP contribution in [-0.4, -0.2) is 43.0 Å². The minimum atomic E-state index is -1.65. The normalized spacial score (nSPS) is 15.2. The number of anilines is 1. The van der Waals surface area contributed by atoms with Gasteiger partial charge in [0.05, 0.1) is 31.4 Å². The molecule has 31 heavy (non-hydrogen) atoms. The number of nitrogens with one attached hydrogen (secondary N) is 2. The summed E-state index contributed by atoms with van der Waals surface area (Å²) in [7, 11) is 0. The number of hydrogen-bond donors (Lipinski definition) is 2. The van der Waals surface area contributed by atoms with Crippen LogP contribution in [0.5, 0.6) is 5.75 Å². The van der Waals surface area contributed by atoms with Crippen molar-refractivity contribution in [2.75, 3.05) is 31.6 Å². The van der Waals surface area contributed by atoms with Crippen LogP contribution >= 0.6 is 0 Å². The van der Waals surface area contributed by atoms with Crippen molar-refractivity contribution in [1.29, 1.82) is 0 Å². The Morgan fingerprint density at radius 2 is 1.81 bits per heavy atom. The van der Waals surface area contributed by atoms with Crippen molar-refractivity contribution < 1.29 is 27.5 Å². The Morgan fingerprint density at radius 1 is 1.06 bits per heavy atom. The van der Waals surface area contributed by atoms with E-state index in [0.717, 1.165) is 23.4 Å². The van der Waals surface area contributed by atoms with E-state index in [-0.39, 0.29) is 25.0 Å². The average Bonchev–Trinajstić information content (AvgIpc) is 2.74. The van der Waals surface area contributed by atoms with Gasteiger partial charge >= 0.3 is 0 Å². The Bertz CT molecular complexity index is 955. The third-order valence-electron chi connectivity index (χ3n) is 4.88. The van der Waals surface area contributed by atoms with Gasteiger partial charge in [-0.15, -0.1) is 0 Å². The highest BCUT2D eigenvalue weighted by atomic mass is 19.2. The number of carbonyl (C=O) groups excluding carboxylic acids is 2. The zero-order chi connectivity index (χ0) is 22.4. The third-order valence-corrected chi connectivity index (χ3v) is 4.88. The van der Waals surface area contributed by atoms with E-state index >= 15 is 0 Å². The molecule has 9 heteroatoms. The summed E-state index contributed by atoms with van der Waals surface area (Å²) >= 11 is 0. The van der Waals surface area contributed by atoms with Crippen LogP contribution in [0.2, 0.25) is 0 Å². The molecule has 166 valence electrons. The number of hydrogen-bond acceptors (Lipinski definition) is 4. The molecule has 0 fully saturated rings. The van der Waals surface area contributed by atoms with Crippen molar-refractivity contribution in [3.8, 4) is 5.75 Å². The molecule has 1 aliphatic rings. The van der Waals surface area contributed by atoms with E-state index in [0.29, 0.717) is 26.0 Å². The number of benzene rings is 2. The first kappa shape index (κ1) is 22.6. The molecule has 0 saturated heterocycles. The van der Waals surface area contributed by atoms with E-state index in [2.05, 4.69) is 10.6 Å². The zero-order valence-corrected chi connectivity index (χ0v) is 17.1. The molecule has 0 bridgehead atoms. The highest BCUT2D eigenvalue weighted by Crippen LogP contribution is 2.31. The summed E-state index contributed by atoms with van der Waals surface area (Å²) in [6, 6.07) is 8.97. The number of rotatable bonds is 8. The predicted octanol–water partition coefficient (Wildman–Crippen LogP) is 3.39. The second-order valence-electron chi connectivity index (χ2n) is 7.28. The predicted molar refractivity (Wildman–Crippen MR) is 109 cm³/mol. The first-order chi connectivity index (χ1) is 14.9. The number of fused-ring (bicyclic) bond motifs is 1. The van der Waals surface area contributed by atoms with E-state index in [1.54, 1.807) is 4.90 Å². The zero-order valence-electron chi connectivity index (χ0n) is 17.1. The highest BCUT2D eigenvalue weighted by Gasteiger charge is 2.24. The summed E-state index contributed by atoms with van der Waals surface area (Å²) in [5.74, 6) is -4.62. The van der Waals surface area contributed by atoms with Gasteiger partial charge in [-0.3, -0.25) is 14.5 Å². The number of ether oxygens (including phenoxy) is 1. The molecule has 2 N–H and O–H groups in total. The van der Waals surface area contributed by atoms with Crippen LogP contribution in [0, 0.1) is 17.5 Å². The van der Waals surface area contributed by atoms with Gasteiger partial charge in [0.1, 0.15) is 5.75 Å². The van der Waals surface area contributed by atoms with Crippen LogP contribution in [0.4, 0.5) is 18.9 Å². The standard InChI is InChI=1S/C22H24F3N3O3/c1-2-10-28(13-20(30)27-17-8-7-15(23)21(24)22(17)25)12-19(29)26-16-9-11-31-18-6-4-3-5-14(16)18/h3-8,16H,2,9-13H2,1H3,(H,26,29)(H,27,30)/t16-/m0/s1. The molecular weight excluding hydrogens is 411 g/mol. The Labute approximate surface area is 178 Å². The van der Waals surface area contributed by atoms with Crippen LogP contribution in [0.3, 0.4) is 0 Å². The molecule has 1 heterocycles. The monoisotopic (exact) mass is 435 g/mol. The Hall–Kier alpha value is -3.07. The van der Waals surface area contributed by atoms with E-state index < -0.39 is 29.0 Å². The minimum Gasteiger partial charge on any atom is -0.493 e. The minimum absolute atomic E-state index is 0.0406. The van der Waals surface area contributed by atoms with E-state index in [4.69, 9.17) is 4.74 Å². The molecule has 0 radical (unpaired) electrons. The molecule has 2 amide bonds. The lowest BCUT2D eigenvalue weighted by molar-refractivity contribution is -0.124. The summed E-state index contributed by atoms with van der Waals surface area (Å²) in [4.78, 5) is 26.5. The number of carbonyl (C=O) groups is 2. The maximum Gasteiger partial charge on any atom is 0.238 e. The fourth-order valence-corrected chi connectivity index (χ4v) is 3.48. The molecule has 0 aromatic heterocycles. The van der Waals surface area contributed by atoms with Gasteiger partial charge in [0, 0.05) is 12.0 Å². The molecule has 1 atom stereocenters. The first-order valence-corrected chi connectivity index (χ1v) is 10.1. The largest absolute Gasteiger partial charge is 0.493 e. The van der Waals surface area contributed by atoms with Crippen LogP contribution in [-0.2, 0) is 9.59 Å². The molecule has 0 saturated carbocycles. The summed E-state index contributed by atoms with van der Waals surface area (Å²) in [6.07, 6.45) is 1.31. The summed E-state index contributed by atoms with van der Waals surface area (Å²) in [5, 5.41) is 5.19. The van der Waals surface area contributed by atoms with Gasteiger partial charge in [0.2, 0.25) is 11.8 Å². The van der Waals surface area contributed by atoms with Crippen molar-refractivity contribution in [2.45, 2.75) is 25.8 Å². The number of para-hydroxylation sites is 1. The highest BCUT2D eigenvalue weighted by molar-refractivity contribution is 5.92. The van der Waals surface area contributed by atoms with Crippen molar-refractivity contribution >= 4 is 17.5 Å². The first-order valence-electron chi connectivity index (χ1n) is 10.1. The second kappa shape index (κ2) is 10.3. The van der Waals surface area contributed by atoms with Crippen molar-refractivity contribution in [3.05, 3.63) is 59.4 Å². The van der Waals surface area contributed by atoms with E-state index in [1.807, 2.05) is 31.2 Å². The van der Waals surface area contributed by atoms with E-state index in [1.165, 1.54) is 0 Å². The lowest BCUT2D eigenvalue weighted by atomic mass is 10.0. The van der Waals surface area contributed by atoms with E-state index in [9.17, 15) is 22.8 Å². The van der Waals surface area contributed by atoms with Gasteiger partial charge in [-0.1, -0.05) is 25.1 Å². The number of nitrogens with zero attached hydrogens (tertiary/aromatic N) is 1. The Kier molecular flexibility index (Phi) is 7.51. The summed E-state index contributed by atoms with van der Waals surface area (Å²) < 4.78 is 45.8. The van der Waals surface area contributed by atoms with Crippen LogP contribution in [0.25, 0.3) is 0 Å². The van der Waals surface area contributed by atoms with Gasteiger partial charge in [-0.25, -0.2) is 13.2 Å². The van der Waals surface area contributed by atoms with Gasteiger partial charge in [0.25, 0.3) is 0 Å². The van der Waals surface area contributed by atoms with Gasteiger partial charge in [0.15, 0.2) is 17.5 Å². The van der Waals surface area contributed by atoms with Crippen molar-refractivity contribution in [2.24, 2.45) is 0 Å². The summed E-state index contributed by atoms with van der Waals surface area (Å²) in [6.45, 7) is 2.59. The molecule has 0 unspecified atom stereocenters. The summed E-state index contributed by atoms with van der Waals surface area (Å²) in [5.41, 5.74) is 0.444. The molecular formula is C22H24F3N3O3. The molecule has 6 nitrogen and oxygen atoms in total. The fourth-order valence-electron chi connectivity index (χ4n) is 3.48. The molecule has 1 aliphatic heterocycles. The van der Waals surface area contributed by atoms with Gasteiger partial charge in [-0.2, -0.15) is 0 Å².